The van der Waals surface area contributed by atoms with Gasteiger partial charge in [-0.1, -0.05) is 30.3 Å². The van der Waals surface area contributed by atoms with Crippen molar-refractivity contribution in [2.24, 2.45) is 0 Å². The van der Waals surface area contributed by atoms with Gasteiger partial charge in [0.25, 0.3) is 5.91 Å². The van der Waals surface area contributed by atoms with Gasteiger partial charge in [-0.05, 0) is 42.2 Å². The number of amides is 1. The molecule has 4 rings (SSSR count). The fourth-order valence-electron chi connectivity index (χ4n) is 3.73. The third-order valence-electron chi connectivity index (χ3n) is 5.04. The maximum atomic E-state index is 13.1. The Balaban J connectivity index is 1.88. The van der Waals surface area contributed by atoms with Crippen LogP contribution >= 0.6 is 0 Å². The Bertz CT molecular complexity index is 826. The average Bonchev–Trinajstić information content (AvgIpc) is 3.46. The van der Waals surface area contributed by atoms with Crippen LogP contribution in [0.25, 0.3) is 0 Å². The predicted molar refractivity (Wildman–Crippen MR) is 91.7 cm³/mol. The molecule has 2 aromatic carbocycles. The van der Waals surface area contributed by atoms with Gasteiger partial charge in [0, 0.05) is 11.6 Å². The zero-order valence-electron chi connectivity index (χ0n) is 13.9. The molecule has 1 N–H and O–H groups in total. The van der Waals surface area contributed by atoms with Gasteiger partial charge < -0.3 is 14.7 Å². The highest BCUT2D eigenvalue weighted by molar-refractivity contribution is 6.00. The number of carbonyl (C=O) groups excluding carboxylic acids is 1. The molecule has 2 aromatic rings. The second kappa shape index (κ2) is 5.92. The molecular formula is C20H19NO4. The maximum absolute atomic E-state index is 13.1. The molecule has 1 amide bonds. The van der Waals surface area contributed by atoms with Gasteiger partial charge in [0.1, 0.15) is 11.7 Å². The summed E-state index contributed by atoms with van der Waals surface area (Å²) < 4.78 is 5.20. The van der Waals surface area contributed by atoms with Crippen LogP contribution in [0, 0.1) is 0 Å². The molecule has 2 aliphatic rings. The molecule has 5 heteroatoms. The van der Waals surface area contributed by atoms with E-state index in [-0.39, 0.29) is 11.9 Å². The summed E-state index contributed by atoms with van der Waals surface area (Å²) in [7, 11) is 1.59. The topological polar surface area (TPSA) is 66.8 Å². The SMILES string of the molecule is COc1ccc([C@H]2[C@@H](C(=O)O)c3ccccc3C(=O)N2C2CC2)cc1. The highest BCUT2D eigenvalue weighted by Crippen LogP contribution is 2.47. The van der Waals surface area contributed by atoms with Gasteiger partial charge in [-0.15, -0.1) is 0 Å². The summed E-state index contributed by atoms with van der Waals surface area (Å²) in [6.07, 6.45) is 1.85. The molecule has 5 nitrogen and oxygen atoms in total. The van der Waals surface area contributed by atoms with Crippen molar-refractivity contribution in [1.82, 2.24) is 4.90 Å². The third-order valence-corrected chi connectivity index (χ3v) is 5.04. The van der Waals surface area contributed by atoms with Crippen molar-refractivity contribution >= 4 is 11.9 Å². The van der Waals surface area contributed by atoms with Gasteiger partial charge in [-0.3, -0.25) is 9.59 Å². The van der Waals surface area contributed by atoms with E-state index in [0.717, 1.165) is 18.4 Å². The molecule has 2 atom stereocenters. The lowest BCUT2D eigenvalue weighted by atomic mass is 9.79. The van der Waals surface area contributed by atoms with E-state index in [9.17, 15) is 14.7 Å². The molecule has 1 heterocycles. The van der Waals surface area contributed by atoms with Crippen molar-refractivity contribution in [2.45, 2.75) is 30.8 Å². The van der Waals surface area contributed by atoms with E-state index in [1.807, 2.05) is 24.3 Å². The van der Waals surface area contributed by atoms with E-state index in [1.165, 1.54) is 0 Å². The van der Waals surface area contributed by atoms with Gasteiger partial charge >= 0.3 is 5.97 Å². The minimum Gasteiger partial charge on any atom is -0.497 e. The summed E-state index contributed by atoms with van der Waals surface area (Å²) in [6, 6.07) is 14.0. The first-order chi connectivity index (χ1) is 12.1. The number of ether oxygens (including phenoxy) is 1. The number of benzene rings is 2. The van der Waals surface area contributed by atoms with Crippen molar-refractivity contribution in [2.75, 3.05) is 7.11 Å². The standard InChI is InChI=1S/C20H19NO4/c1-25-14-10-6-12(7-11-14)18-17(20(23)24)15-4-2-3-5-16(15)19(22)21(18)13-8-9-13/h2-7,10-11,13,17-18H,8-9H2,1H3,(H,23,24)/t17-,18-/m0/s1. The number of carboxylic acid groups (broad SMARTS) is 1. The first kappa shape index (κ1) is 15.7. The van der Waals surface area contributed by atoms with Gasteiger partial charge in [0.2, 0.25) is 0 Å². The fraction of sp³-hybridized carbons (Fsp3) is 0.300. The van der Waals surface area contributed by atoms with Gasteiger partial charge in [0.05, 0.1) is 13.2 Å². The number of hydrogen-bond donors (Lipinski definition) is 1. The van der Waals surface area contributed by atoms with Crippen molar-refractivity contribution in [1.29, 1.82) is 0 Å². The predicted octanol–water partition coefficient (Wildman–Crippen LogP) is 3.22. The Kier molecular flexibility index (Phi) is 3.71. The van der Waals surface area contributed by atoms with Crippen LogP contribution in [-0.2, 0) is 4.79 Å². The molecule has 1 saturated carbocycles. The Morgan fingerprint density at radius 2 is 1.80 bits per heavy atom. The first-order valence-electron chi connectivity index (χ1n) is 8.40. The van der Waals surface area contributed by atoms with E-state index in [0.29, 0.717) is 16.9 Å². The number of nitrogens with zero attached hydrogens (tertiary/aromatic N) is 1. The molecule has 25 heavy (non-hydrogen) atoms. The quantitative estimate of drug-likeness (QED) is 0.930. The second-order valence-corrected chi connectivity index (χ2v) is 6.56. The highest BCUT2D eigenvalue weighted by Gasteiger charge is 2.49. The summed E-state index contributed by atoms with van der Waals surface area (Å²) in [5, 5.41) is 9.96. The van der Waals surface area contributed by atoms with Crippen molar-refractivity contribution in [3.8, 4) is 5.75 Å². The number of fused-ring (bicyclic) bond motifs is 1. The lowest BCUT2D eigenvalue weighted by Gasteiger charge is -2.41. The zero-order chi connectivity index (χ0) is 17.6. The lowest BCUT2D eigenvalue weighted by molar-refractivity contribution is -0.140. The number of hydrogen-bond acceptors (Lipinski definition) is 3. The van der Waals surface area contributed by atoms with Crippen molar-refractivity contribution in [3.63, 3.8) is 0 Å². The molecule has 0 saturated heterocycles. The van der Waals surface area contributed by atoms with Crippen LogP contribution in [0.5, 0.6) is 5.75 Å². The van der Waals surface area contributed by atoms with Gasteiger partial charge in [0.15, 0.2) is 0 Å². The van der Waals surface area contributed by atoms with Gasteiger partial charge in [-0.25, -0.2) is 0 Å². The number of methoxy groups -OCH3 is 1. The summed E-state index contributed by atoms with van der Waals surface area (Å²) >= 11 is 0. The molecule has 128 valence electrons. The summed E-state index contributed by atoms with van der Waals surface area (Å²) in [5.74, 6) is -1.05. The molecule has 1 fully saturated rings. The average molecular weight is 337 g/mol. The largest absolute Gasteiger partial charge is 0.497 e. The van der Waals surface area contributed by atoms with Crippen LogP contribution in [0.2, 0.25) is 0 Å². The van der Waals surface area contributed by atoms with Crippen LogP contribution in [0.1, 0.15) is 46.3 Å². The summed E-state index contributed by atoms with van der Waals surface area (Å²) in [6.45, 7) is 0. The number of carboxylic acids is 1. The smallest absolute Gasteiger partial charge is 0.313 e. The van der Waals surface area contributed by atoms with Crippen LogP contribution in [0.4, 0.5) is 0 Å². The Morgan fingerprint density at radius 1 is 1.12 bits per heavy atom. The van der Waals surface area contributed by atoms with Crippen LogP contribution < -0.4 is 4.74 Å². The van der Waals surface area contributed by atoms with E-state index in [2.05, 4.69) is 0 Å². The number of aliphatic carboxylic acids is 1. The molecule has 0 spiro atoms. The normalized spacial score (nSPS) is 22.4. The second-order valence-electron chi connectivity index (χ2n) is 6.56. The Labute approximate surface area is 145 Å². The van der Waals surface area contributed by atoms with E-state index < -0.39 is 17.9 Å². The zero-order valence-corrected chi connectivity index (χ0v) is 13.9. The minimum atomic E-state index is -0.911. The lowest BCUT2D eigenvalue weighted by Crippen LogP contribution is -2.46. The van der Waals surface area contributed by atoms with E-state index in [1.54, 1.807) is 36.3 Å². The minimum absolute atomic E-state index is 0.0728. The highest BCUT2D eigenvalue weighted by atomic mass is 16.5. The van der Waals surface area contributed by atoms with Crippen molar-refractivity contribution in [3.05, 3.63) is 65.2 Å². The molecular weight excluding hydrogens is 318 g/mol. The molecule has 0 aromatic heterocycles. The summed E-state index contributed by atoms with van der Waals surface area (Å²) in [5.41, 5.74) is 1.92. The maximum Gasteiger partial charge on any atom is 0.313 e. The Morgan fingerprint density at radius 3 is 2.40 bits per heavy atom. The van der Waals surface area contributed by atoms with Crippen molar-refractivity contribution < 1.29 is 19.4 Å². The molecule has 0 radical (unpaired) electrons. The third kappa shape index (κ3) is 2.56. The number of rotatable bonds is 4. The fourth-order valence-corrected chi connectivity index (χ4v) is 3.73. The van der Waals surface area contributed by atoms with Crippen LogP contribution in [0.15, 0.2) is 48.5 Å². The van der Waals surface area contributed by atoms with Gasteiger partial charge in [-0.2, -0.15) is 0 Å². The summed E-state index contributed by atoms with van der Waals surface area (Å²) in [4.78, 5) is 27.0. The Hall–Kier alpha value is -2.82. The van der Waals surface area contributed by atoms with Crippen LogP contribution in [0.3, 0.4) is 0 Å². The molecule has 1 aliphatic heterocycles. The monoisotopic (exact) mass is 337 g/mol. The first-order valence-corrected chi connectivity index (χ1v) is 8.40. The number of carbonyl (C=O) groups is 2. The van der Waals surface area contributed by atoms with Crippen LogP contribution in [-0.4, -0.2) is 35.0 Å². The van der Waals surface area contributed by atoms with E-state index >= 15 is 0 Å². The molecule has 0 bridgehead atoms. The van der Waals surface area contributed by atoms with E-state index in [4.69, 9.17) is 4.74 Å². The molecule has 0 unspecified atom stereocenters. The molecule has 1 aliphatic carbocycles.